The van der Waals surface area contributed by atoms with Gasteiger partial charge in [0.2, 0.25) is 11.9 Å². The lowest BCUT2D eigenvalue weighted by molar-refractivity contribution is -0.122. The van der Waals surface area contributed by atoms with Crippen molar-refractivity contribution in [2.75, 3.05) is 36.5 Å². The molecule has 0 saturated carbocycles. The molecule has 0 bridgehead atoms. The first-order chi connectivity index (χ1) is 7.58. The van der Waals surface area contributed by atoms with Crippen molar-refractivity contribution in [3.63, 3.8) is 0 Å². The third kappa shape index (κ3) is 4.42. The van der Waals surface area contributed by atoms with Crippen LogP contribution in [0.3, 0.4) is 0 Å². The molecule has 0 fully saturated rings. The van der Waals surface area contributed by atoms with Crippen molar-refractivity contribution in [2.24, 2.45) is 5.73 Å². The molecule has 0 unspecified atom stereocenters. The van der Waals surface area contributed by atoms with Crippen LogP contribution in [0.1, 0.15) is 0 Å². The molecule has 8 nitrogen and oxygen atoms in total. The van der Waals surface area contributed by atoms with Crippen LogP contribution in [-0.4, -0.2) is 35.6 Å². The SMILES string of the molecule is NC(=O)COCCNc1cc(N)nc(N)n1. The van der Waals surface area contributed by atoms with Gasteiger partial charge in [0.05, 0.1) is 6.61 Å². The number of primary amides is 1. The topological polar surface area (TPSA) is 142 Å². The van der Waals surface area contributed by atoms with E-state index in [4.69, 9.17) is 21.9 Å². The summed E-state index contributed by atoms with van der Waals surface area (Å²) >= 11 is 0. The summed E-state index contributed by atoms with van der Waals surface area (Å²) in [6.07, 6.45) is 0. The van der Waals surface area contributed by atoms with Crippen LogP contribution in [0.2, 0.25) is 0 Å². The number of nitrogens with zero attached hydrogens (tertiary/aromatic N) is 2. The summed E-state index contributed by atoms with van der Waals surface area (Å²) in [5, 5.41) is 2.91. The summed E-state index contributed by atoms with van der Waals surface area (Å²) < 4.78 is 4.93. The lowest BCUT2D eigenvalue weighted by Crippen LogP contribution is -2.20. The van der Waals surface area contributed by atoms with E-state index in [1.165, 1.54) is 0 Å². The van der Waals surface area contributed by atoms with Gasteiger partial charge in [0.1, 0.15) is 18.2 Å². The Morgan fingerprint density at radius 1 is 1.44 bits per heavy atom. The highest BCUT2D eigenvalue weighted by molar-refractivity contribution is 5.74. The normalized spacial score (nSPS) is 10.0. The minimum absolute atomic E-state index is 0.0977. The van der Waals surface area contributed by atoms with Crippen LogP contribution >= 0.6 is 0 Å². The van der Waals surface area contributed by atoms with Crippen LogP contribution < -0.4 is 22.5 Å². The maximum absolute atomic E-state index is 10.3. The third-order valence-electron chi connectivity index (χ3n) is 1.56. The molecule has 1 amide bonds. The zero-order chi connectivity index (χ0) is 12.0. The number of ether oxygens (including phenoxy) is 1. The predicted molar refractivity (Wildman–Crippen MR) is 59.4 cm³/mol. The van der Waals surface area contributed by atoms with Crippen LogP contribution in [0.4, 0.5) is 17.6 Å². The Balaban J connectivity index is 2.29. The zero-order valence-corrected chi connectivity index (χ0v) is 8.64. The molecule has 1 aromatic heterocycles. The van der Waals surface area contributed by atoms with Crippen molar-refractivity contribution in [1.29, 1.82) is 0 Å². The Kier molecular flexibility index (Phi) is 4.28. The summed E-state index contributed by atoms with van der Waals surface area (Å²) in [5.41, 5.74) is 15.7. The summed E-state index contributed by atoms with van der Waals surface area (Å²) in [4.78, 5) is 18.0. The number of nitrogens with one attached hydrogen (secondary N) is 1. The maximum Gasteiger partial charge on any atom is 0.243 e. The molecule has 0 radical (unpaired) electrons. The molecule has 8 heteroatoms. The number of hydrogen-bond donors (Lipinski definition) is 4. The number of nitrogen functional groups attached to an aromatic ring is 2. The molecule has 1 rings (SSSR count). The summed E-state index contributed by atoms with van der Waals surface area (Å²) in [6, 6.07) is 1.55. The molecule has 7 N–H and O–H groups in total. The van der Waals surface area contributed by atoms with Crippen molar-refractivity contribution in [2.45, 2.75) is 0 Å². The van der Waals surface area contributed by atoms with E-state index in [2.05, 4.69) is 15.3 Å². The van der Waals surface area contributed by atoms with Gasteiger partial charge in [-0.25, -0.2) is 0 Å². The average Bonchev–Trinajstić information content (AvgIpc) is 2.15. The van der Waals surface area contributed by atoms with E-state index in [-0.39, 0.29) is 18.4 Å². The second kappa shape index (κ2) is 5.71. The third-order valence-corrected chi connectivity index (χ3v) is 1.56. The molecule has 0 atom stereocenters. The molecule has 0 aromatic carbocycles. The van der Waals surface area contributed by atoms with Crippen molar-refractivity contribution >= 4 is 23.5 Å². The molecule has 16 heavy (non-hydrogen) atoms. The lowest BCUT2D eigenvalue weighted by Gasteiger charge is -2.06. The van der Waals surface area contributed by atoms with E-state index in [1.54, 1.807) is 6.07 Å². The monoisotopic (exact) mass is 226 g/mol. The van der Waals surface area contributed by atoms with Gasteiger partial charge in [0.25, 0.3) is 0 Å². The zero-order valence-electron chi connectivity index (χ0n) is 8.64. The summed E-state index contributed by atoms with van der Waals surface area (Å²) in [5.74, 6) is 0.386. The predicted octanol–water partition coefficient (Wildman–Crippen LogP) is -1.45. The fraction of sp³-hybridized carbons (Fsp3) is 0.375. The number of carbonyl (C=O) groups is 1. The second-order valence-electron chi connectivity index (χ2n) is 2.98. The number of nitrogens with two attached hydrogens (primary N) is 3. The maximum atomic E-state index is 10.3. The van der Waals surface area contributed by atoms with E-state index in [1.807, 2.05) is 0 Å². The van der Waals surface area contributed by atoms with Crippen LogP contribution in [0, 0.1) is 0 Å². The number of aromatic nitrogens is 2. The first-order valence-electron chi connectivity index (χ1n) is 4.58. The van der Waals surface area contributed by atoms with E-state index < -0.39 is 5.91 Å². The number of amides is 1. The van der Waals surface area contributed by atoms with Crippen LogP contribution in [0.25, 0.3) is 0 Å². The smallest absolute Gasteiger partial charge is 0.243 e. The number of rotatable bonds is 6. The molecular weight excluding hydrogens is 212 g/mol. The molecule has 0 aliphatic rings. The van der Waals surface area contributed by atoms with Gasteiger partial charge in [-0.05, 0) is 0 Å². The number of hydrogen-bond acceptors (Lipinski definition) is 7. The van der Waals surface area contributed by atoms with Gasteiger partial charge in [0.15, 0.2) is 0 Å². The molecule has 0 saturated heterocycles. The number of anilines is 3. The van der Waals surface area contributed by atoms with Crippen molar-refractivity contribution in [3.8, 4) is 0 Å². The lowest BCUT2D eigenvalue weighted by atomic mass is 10.5. The Labute approximate surface area is 92.2 Å². The van der Waals surface area contributed by atoms with Crippen molar-refractivity contribution in [1.82, 2.24) is 9.97 Å². The Morgan fingerprint density at radius 2 is 2.19 bits per heavy atom. The van der Waals surface area contributed by atoms with Gasteiger partial charge in [-0.3, -0.25) is 4.79 Å². The largest absolute Gasteiger partial charge is 0.383 e. The van der Waals surface area contributed by atoms with Gasteiger partial charge in [-0.1, -0.05) is 0 Å². The Morgan fingerprint density at radius 3 is 2.81 bits per heavy atom. The molecule has 1 heterocycles. The summed E-state index contributed by atoms with van der Waals surface area (Å²) in [7, 11) is 0. The van der Waals surface area contributed by atoms with Gasteiger partial charge >= 0.3 is 0 Å². The first kappa shape index (κ1) is 12.0. The van der Waals surface area contributed by atoms with Gasteiger partial charge < -0.3 is 27.3 Å². The summed E-state index contributed by atoms with van der Waals surface area (Å²) in [6.45, 7) is 0.686. The van der Waals surface area contributed by atoms with Crippen molar-refractivity contribution < 1.29 is 9.53 Å². The Hall–Kier alpha value is -2.09. The molecule has 0 aliphatic carbocycles. The molecule has 1 aromatic rings. The quantitative estimate of drug-likeness (QED) is 0.435. The standard InChI is InChI=1S/C8H14N6O2/c9-5-3-7(14-8(11)13-5)12-1-2-16-4-6(10)15/h3H,1-2,4H2,(H2,10,15)(H5,9,11,12,13,14). The van der Waals surface area contributed by atoms with Gasteiger partial charge in [-0.2, -0.15) is 9.97 Å². The molecular formula is C8H14N6O2. The highest BCUT2D eigenvalue weighted by Gasteiger charge is 1.99. The molecule has 88 valence electrons. The fourth-order valence-electron chi connectivity index (χ4n) is 1.000. The fourth-order valence-corrected chi connectivity index (χ4v) is 1.000. The first-order valence-corrected chi connectivity index (χ1v) is 4.58. The van der Waals surface area contributed by atoms with Crippen LogP contribution in [0.5, 0.6) is 0 Å². The average molecular weight is 226 g/mol. The minimum atomic E-state index is -0.504. The van der Waals surface area contributed by atoms with Crippen molar-refractivity contribution in [3.05, 3.63) is 6.07 Å². The van der Waals surface area contributed by atoms with Gasteiger partial charge in [0, 0.05) is 12.6 Å². The van der Waals surface area contributed by atoms with E-state index in [0.717, 1.165) is 0 Å². The van der Waals surface area contributed by atoms with E-state index in [9.17, 15) is 4.79 Å². The minimum Gasteiger partial charge on any atom is -0.383 e. The highest BCUT2D eigenvalue weighted by Crippen LogP contribution is 2.08. The van der Waals surface area contributed by atoms with Crippen LogP contribution in [0.15, 0.2) is 6.07 Å². The highest BCUT2D eigenvalue weighted by atomic mass is 16.5. The van der Waals surface area contributed by atoms with E-state index in [0.29, 0.717) is 19.0 Å². The van der Waals surface area contributed by atoms with E-state index >= 15 is 0 Å². The van der Waals surface area contributed by atoms with Crippen LogP contribution in [-0.2, 0) is 9.53 Å². The number of carbonyl (C=O) groups excluding carboxylic acids is 1. The Bertz CT molecular complexity index is 349. The molecule has 0 spiro atoms. The molecule has 0 aliphatic heterocycles. The van der Waals surface area contributed by atoms with Gasteiger partial charge in [-0.15, -0.1) is 0 Å². The second-order valence-corrected chi connectivity index (χ2v) is 2.98.